The third-order valence-corrected chi connectivity index (χ3v) is 4.69. The molecule has 0 aliphatic rings. The van der Waals surface area contributed by atoms with Crippen molar-refractivity contribution in [1.82, 2.24) is 0 Å². The van der Waals surface area contributed by atoms with E-state index in [4.69, 9.17) is 11.6 Å². The van der Waals surface area contributed by atoms with Crippen LogP contribution in [0.15, 0.2) is 60.7 Å². The first-order valence-corrected chi connectivity index (χ1v) is 8.33. The van der Waals surface area contributed by atoms with Crippen molar-refractivity contribution in [2.45, 2.75) is 26.7 Å². The molecule has 0 aromatic heterocycles. The maximum absolute atomic E-state index is 6.02. The molecule has 3 aromatic rings. The van der Waals surface area contributed by atoms with E-state index in [1.807, 2.05) is 12.1 Å². The van der Waals surface area contributed by atoms with Crippen LogP contribution in [-0.2, 0) is 6.42 Å². The first kappa shape index (κ1) is 15.1. The minimum Gasteiger partial charge on any atom is -0.0843 e. The Bertz CT molecular complexity index is 772. The molecular formula is C21H21Cl. The highest BCUT2D eigenvalue weighted by molar-refractivity contribution is 6.30. The largest absolute Gasteiger partial charge is 0.0843 e. The Morgan fingerprint density at radius 3 is 2.23 bits per heavy atom. The predicted octanol–water partition coefficient (Wildman–Crippen LogP) is 6.75. The first-order valence-electron chi connectivity index (χ1n) is 7.95. The Morgan fingerprint density at radius 2 is 1.55 bits per heavy atom. The molecule has 0 saturated heterocycles. The second kappa shape index (κ2) is 6.54. The van der Waals surface area contributed by atoms with Gasteiger partial charge in [-0.1, -0.05) is 80.4 Å². The molecule has 0 saturated carbocycles. The van der Waals surface area contributed by atoms with Gasteiger partial charge in [-0.05, 0) is 51.9 Å². The topological polar surface area (TPSA) is 0 Å². The van der Waals surface area contributed by atoms with Crippen molar-refractivity contribution in [1.29, 1.82) is 0 Å². The normalized spacial score (nSPS) is 12.5. The third-order valence-electron chi connectivity index (χ3n) is 4.43. The van der Waals surface area contributed by atoms with Gasteiger partial charge >= 0.3 is 0 Å². The zero-order chi connectivity index (χ0) is 15.5. The molecule has 0 radical (unpaired) electrons. The van der Waals surface area contributed by atoms with Gasteiger partial charge in [0.05, 0.1) is 0 Å². The molecule has 112 valence electrons. The maximum atomic E-state index is 6.02. The molecule has 3 rings (SSSR count). The number of benzene rings is 3. The van der Waals surface area contributed by atoms with E-state index in [1.54, 1.807) is 0 Å². The van der Waals surface area contributed by atoms with Crippen molar-refractivity contribution < 1.29 is 0 Å². The molecule has 0 fully saturated rings. The Hall–Kier alpha value is -1.79. The van der Waals surface area contributed by atoms with Crippen molar-refractivity contribution in [2.24, 2.45) is 5.92 Å². The average molecular weight is 309 g/mol. The van der Waals surface area contributed by atoms with E-state index in [0.29, 0.717) is 5.92 Å². The summed E-state index contributed by atoms with van der Waals surface area (Å²) in [5.41, 5.74) is 3.94. The highest BCUT2D eigenvalue weighted by Crippen LogP contribution is 2.32. The van der Waals surface area contributed by atoms with Crippen molar-refractivity contribution in [3.8, 4) is 11.1 Å². The molecular weight excluding hydrogens is 288 g/mol. The lowest BCUT2D eigenvalue weighted by atomic mass is 9.90. The fraction of sp³-hybridized carbons (Fsp3) is 0.238. The number of fused-ring (bicyclic) bond motifs is 1. The van der Waals surface area contributed by atoms with Crippen LogP contribution in [0.5, 0.6) is 0 Å². The maximum Gasteiger partial charge on any atom is 0.0406 e. The Labute approximate surface area is 137 Å². The molecule has 0 N–H and O–H groups in total. The number of hydrogen-bond donors (Lipinski definition) is 0. The lowest BCUT2D eigenvalue weighted by molar-refractivity contribution is 0.562. The summed E-state index contributed by atoms with van der Waals surface area (Å²) in [4.78, 5) is 0. The van der Waals surface area contributed by atoms with Crippen LogP contribution in [-0.4, -0.2) is 0 Å². The molecule has 1 atom stereocenters. The highest BCUT2D eigenvalue weighted by Gasteiger charge is 2.09. The molecule has 0 amide bonds. The van der Waals surface area contributed by atoms with Gasteiger partial charge in [-0.15, -0.1) is 0 Å². The molecule has 0 bridgehead atoms. The van der Waals surface area contributed by atoms with Gasteiger partial charge in [0.2, 0.25) is 0 Å². The highest BCUT2D eigenvalue weighted by atomic mass is 35.5. The van der Waals surface area contributed by atoms with Crippen LogP contribution >= 0.6 is 11.6 Å². The number of halogens is 1. The Kier molecular flexibility index (Phi) is 4.49. The van der Waals surface area contributed by atoms with E-state index >= 15 is 0 Å². The number of rotatable bonds is 4. The Balaban J connectivity index is 2.13. The van der Waals surface area contributed by atoms with Crippen LogP contribution in [0.4, 0.5) is 0 Å². The molecule has 0 nitrogen and oxygen atoms in total. The van der Waals surface area contributed by atoms with E-state index < -0.39 is 0 Å². The predicted molar refractivity (Wildman–Crippen MR) is 97.6 cm³/mol. The monoisotopic (exact) mass is 308 g/mol. The second-order valence-electron chi connectivity index (χ2n) is 6.04. The van der Waals surface area contributed by atoms with Crippen LogP contribution in [0.2, 0.25) is 5.02 Å². The molecule has 1 heteroatoms. The van der Waals surface area contributed by atoms with Gasteiger partial charge in [-0.2, -0.15) is 0 Å². The van der Waals surface area contributed by atoms with Crippen molar-refractivity contribution in [2.75, 3.05) is 0 Å². The number of hydrogen-bond acceptors (Lipinski definition) is 0. The van der Waals surface area contributed by atoms with Crippen molar-refractivity contribution >= 4 is 22.4 Å². The summed E-state index contributed by atoms with van der Waals surface area (Å²) in [6.07, 6.45) is 2.35. The fourth-order valence-electron chi connectivity index (χ4n) is 2.94. The minimum atomic E-state index is 0.713. The van der Waals surface area contributed by atoms with E-state index in [9.17, 15) is 0 Å². The quantitative estimate of drug-likeness (QED) is 0.500. The molecule has 0 spiro atoms. The summed E-state index contributed by atoms with van der Waals surface area (Å²) in [5, 5.41) is 3.47. The van der Waals surface area contributed by atoms with Gasteiger partial charge < -0.3 is 0 Å². The van der Waals surface area contributed by atoms with E-state index in [0.717, 1.165) is 11.4 Å². The van der Waals surface area contributed by atoms with Crippen LogP contribution in [0.25, 0.3) is 21.9 Å². The summed E-state index contributed by atoms with van der Waals surface area (Å²) < 4.78 is 0. The summed E-state index contributed by atoms with van der Waals surface area (Å²) in [6, 6.07) is 21.4. The summed E-state index contributed by atoms with van der Waals surface area (Å²) in [6.45, 7) is 4.58. The van der Waals surface area contributed by atoms with E-state index in [1.165, 1.54) is 33.9 Å². The van der Waals surface area contributed by atoms with Gasteiger partial charge in [0.15, 0.2) is 0 Å². The van der Waals surface area contributed by atoms with Crippen LogP contribution in [0.1, 0.15) is 25.8 Å². The minimum absolute atomic E-state index is 0.713. The molecule has 0 aliphatic carbocycles. The lowest BCUT2D eigenvalue weighted by Crippen LogP contribution is -1.99. The van der Waals surface area contributed by atoms with Gasteiger partial charge in [0.1, 0.15) is 0 Å². The fourth-order valence-corrected chi connectivity index (χ4v) is 3.07. The van der Waals surface area contributed by atoms with Crippen LogP contribution in [0, 0.1) is 5.92 Å². The molecule has 0 heterocycles. The van der Waals surface area contributed by atoms with E-state index in [2.05, 4.69) is 62.4 Å². The van der Waals surface area contributed by atoms with Crippen molar-refractivity contribution in [3.05, 3.63) is 71.2 Å². The zero-order valence-corrected chi connectivity index (χ0v) is 13.9. The molecule has 22 heavy (non-hydrogen) atoms. The summed E-state index contributed by atoms with van der Waals surface area (Å²) in [5.74, 6) is 0.713. The van der Waals surface area contributed by atoms with Crippen LogP contribution in [0.3, 0.4) is 0 Å². The van der Waals surface area contributed by atoms with E-state index in [-0.39, 0.29) is 0 Å². The smallest absolute Gasteiger partial charge is 0.0406 e. The third kappa shape index (κ3) is 3.03. The zero-order valence-electron chi connectivity index (χ0n) is 13.1. The van der Waals surface area contributed by atoms with Gasteiger partial charge in [0, 0.05) is 5.02 Å². The Morgan fingerprint density at radius 1 is 0.864 bits per heavy atom. The average Bonchev–Trinajstić information content (AvgIpc) is 2.56. The van der Waals surface area contributed by atoms with Crippen molar-refractivity contribution in [3.63, 3.8) is 0 Å². The summed E-state index contributed by atoms with van der Waals surface area (Å²) >= 11 is 6.02. The lowest BCUT2D eigenvalue weighted by Gasteiger charge is -2.14. The first-order chi connectivity index (χ1) is 10.7. The van der Waals surface area contributed by atoms with Gasteiger partial charge in [-0.25, -0.2) is 0 Å². The summed E-state index contributed by atoms with van der Waals surface area (Å²) in [7, 11) is 0. The van der Waals surface area contributed by atoms with Gasteiger partial charge in [-0.3, -0.25) is 0 Å². The van der Waals surface area contributed by atoms with Gasteiger partial charge in [0.25, 0.3) is 0 Å². The molecule has 3 aromatic carbocycles. The SMILES string of the molecule is CCC(C)Cc1ccc(-c2ccc(Cl)cc2)c2ccccc12. The standard InChI is InChI=1S/C21H21Cl/c1-3-15(2)14-17-10-13-20(16-8-11-18(22)12-9-16)21-7-5-4-6-19(17)21/h4-13,15H,3,14H2,1-2H3. The second-order valence-corrected chi connectivity index (χ2v) is 6.48. The molecule has 1 unspecified atom stereocenters. The van der Waals surface area contributed by atoms with Crippen LogP contribution < -0.4 is 0 Å². The molecule has 0 aliphatic heterocycles.